The summed E-state index contributed by atoms with van der Waals surface area (Å²) < 4.78 is 42.3. The molecule has 31 heavy (non-hydrogen) atoms. The van der Waals surface area contributed by atoms with E-state index >= 15 is 0 Å². The highest BCUT2D eigenvalue weighted by atomic mass is 19.1. The van der Waals surface area contributed by atoms with Crippen LogP contribution in [0.3, 0.4) is 0 Å². The summed E-state index contributed by atoms with van der Waals surface area (Å²) in [6.45, 7) is 0.00717. The van der Waals surface area contributed by atoms with E-state index in [2.05, 4.69) is 5.16 Å². The molecule has 2 heterocycles. The Morgan fingerprint density at radius 2 is 1.97 bits per heavy atom. The zero-order valence-electron chi connectivity index (χ0n) is 16.5. The second-order valence-electron chi connectivity index (χ2n) is 7.02. The van der Waals surface area contributed by atoms with Gasteiger partial charge in [-0.1, -0.05) is 5.16 Å². The van der Waals surface area contributed by atoms with Gasteiger partial charge in [0.15, 0.2) is 5.76 Å². The van der Waals surface area contributed by atoms with Crippen LogP contribution in [0.4, 0.5) is 14.5 Å². The molecule has 3 aromatic rings. The highest BCUT2D eigenvalue weighted by Gasteiger charge is 2.36. The molecule has 160 valence electrons. The summed E-state index contributed by atoms with van der Waals surface area (Å²) in [6, 6.07) is 11.5. The third-order valence-corrected chi connectivity index (χ3v) is 4.96. The smallest absolute Gasteiger partial charge is 0.311 e. The first kappa shape index (κ1) is 20.5. The Balaban J connectivity index is 1.36. The molecule has 4 rings (SSSR count). The highest BCUT2D eigenvalue weighted by molar-refractivity contribution is 5.99. The fourth-order valence-electron chi connectivity index (χ4n) is 3.34. The molecule has 2 aromatic carbocycles. The van der Waals surface area contributed by atoms with Gasteiger partial charge in [0, 0.05) is 30.8 Å². The van der Waals surface area contributed by atoms with Gasteiger partial charge in [-0.2, -0.15) is 0 Å². The molecule has 0 N–H and O–H groups in total. The second kappa shape index (κ2) is 8.55. The zero-order valence-corrected chi connectivity index (χ0v) is 16.5. The Labute approximate surface area is 176 Å². The molecule has 1 amide bonds. The minimum atomic E-state index is -0.789. The van der Waals surface area contributed by atoms with Crippen LogP contribution in [0.1, 0.15) is 12.1 Å². The molecule has 1 atom stereocenters. The molecule has 0 saturated carbocycles. The number of nitrogens with zero attached hydrogens (tertiary/aromatic N) is 2. The van der Waals surface area contributed by atoms with Crippen LogP contribution in [-0.4, -0.2) is 30.7 Å². The molecule has 0 radical (unpaired) electrons. The van der Waals surface area contributed by atoms with Gasteiger partial charge in [0.25, 0.3) is 0 Å². The van der Waals surface area contributed by atoms with Crippen molar-refractivity contribution in [3.8, 4) is 17.1 Å². The molecule has 1 unspecified atom stereocenters. The minimum absolute atomic E-state index is 0.0374. The number of carbonyl (C=O) groups excluding carboxylic acids is 2. The van der Waals surface area contributed by atoms with Gasteiger partial charge in [0.2, 0.25) is 5.91 Å². The van der Waals surface area contributed by atoms with E-state index in [1.165, 1.54) is 17.0 Å². The van der Waals surface area contributed by atoms with Crippen molar-refractivity contribution >= 4 is 17.6 Å². The van der Waals surface area contributed by atoms with Crippen molar-refractivity contribution < 1.29 is 32.4 Å². The van der Waals surface area contributed by atoms with Gasteiger partial charge in [-0.25, -0.2) is 8.78 Å². The average Bonchev–Trinajstić information content (AvgIpc) is 3.39. The van der Waals surface area contributed by atoms with Crippen LogP contribution < -0.4 is 9.64 Å². The van der Waals surface area contributed by atoms with Gasteiger partial charge >= 0.3 is 5.97 Å². The van der Waals surface area contributed by atoms with Gasteiger partial charge in [-0.05, 0) is 36.4 Å². The van der Waals surface area contributed by atoms with E-state index < -0.39 is 23.5 Å². The lowest BCUT2D eigenvalue weighted by molar-refractivity contribution is -0.149. The van der Waals surface area contributed by atoms with E-state index in [4.69, 9.17) is 14.0 Å². The first-order chi connectivity index (χ1) is 14.9. The number of carbonyl (C=O) groups is 2. The number of benzene rings is 2. The van der Waals surface area contributed by atoms with E-state index in [-0.39, 0.29) is 42.5 Å². The van der Waals surface area contributed by atoms with E-state index in [0.29, 0.717) is 11.4 Å². The number of anilines is 1. The third kappa shape index (κ3) is 4.40. The molecule has 1 aliphatic rings. The highest BCUT2D eigenvalue weighted by Crippen LogP contribution is 2.28. The van der Waals surface area contributed by atoms with Crippen LogP contribution >= 0.6 is 0 Å². The van der Waals surface area contributed by atoms with Gasteiger partial charge in [-0.3, -0.25) is 9.59 Å². The number of hydrogen-bond donors (Lipinski definition) is 0. The van der Waals surface area contributed by atoms with Gasteiger partial charge in [-0.15, -0.1) is 0 Å². The Morgan fingerprint density at radius 3 is 2.68 bits per heavy atom. The standard InChI is InChI=1S/C22H18F2N2O5/c1-29-17-5-3-16(4-6-17)26-11-13(8-21(26)27)22(28)30-12-15-10-20(31-25-15)18-7-2-14(23)9-19(18)24/h2-7,9-10,13H,8,11-12H2,1H3. The number of aromatic nitrogens is 1. The van der Waals surface area contributed by atoms with Gasteiger partial charge < -0.3 is 18.9 Å². The van der Waals surface area contributed by atoms with Crippen LogP contribution in [0.25, 0.3) is 11.3 Å². The van der Waals surface area contributed by atoms with Crippen molar-refractivity contribution in [3.05, 3.63) is 65.9 Å². The SMILES string of the molecule is COc1ccc(N2CC(C(=O)OCc3cc(-c4ccc(F)cc4F)on3)CC2=O)cc1. The summed E-state index contributed by atoms with van der Waals surface area (Å²) >= 11 is 0. The normalized spacial score (nSPS) is 15.9. The summed E-state index contributed by atoms with van der Waals surface area (Å²) in [5.41, 5.74) is 0.981. The number of ether oxygens (including phenoxy) is 2. The Kier molecular flexibility index (Phi) is 5.66. The maximum absolute atomic E-state index is 13.9. The first-order valence-corrected chi connectivity index (χ1v) is 9.46. The molecular formula is C22H18F2N2O5. The largest absolute Gasteiger partial charge is 0.497 e. The molecule has 0 bridgehead atoms. The Hall–Kier alpha value is -3.75. The predicted molar refractivity (Wildman–Crippen MR) is 105 cm³/mol. The quantitative estimate of drug-likeness (QED) is 0.557. The summed E-state index contributed by atoms with van der Waals surface area (Å²) in [7, 11) is 1.55. The van der Waals surface area contributed by atoms with Crippen LogP contribution in [0.2, 0.25) is 0 Å². The fraction of sp³-hybridized carbons (Fsp3) is 0.227. The lowest BCUT2D eigenvalue weighted by Crippen LogP contribution is -2.26. The van der Waals surface area contributed by atoms with E-state index in [0.717, 1.165) is 12.1 Å². The Bertz CT molecular complexity index is 1110. The predicted octanol–water partition coefficient (Wildman–Crippen LogP) is 3.72. The van der Waals surface area contributed by atoms with Crippen molar-refractivity contribution in [3.63, 3.8) is 0 Å². The molecule has 1 fully saturated rings. The molecule has 1 aromatic heterocycles. The fourth-order valence-corrected chi connectivity index (χ4v) is 3.34. The van der Waals surface area contributed by atoms with Crippen LogP contribution in [0.5, 0.6) is 5.75 Å². The van der Waals surface area contributed by atoms with Gasteiger partial charge in [0.05, 0.1) is 18.6 Å². The maximum atomic E-state index is 13.9. The van der Waals surface area contributed by atoms with Crippen LogP contribution in [-0.2, 0) is 20.9 Å². The number of halogens is 2. The lowest BCUT2D eigenvalue weighted by Gasteiger charge is -2.16. The third-order valence-electron chi connectivity index (χ3n) is 4.96. The van der Waals surface area contributed by atoms with Gasteiger partial charge in [0.1, 0.15) is 29.7 Å². The molecule has 7 nitrogen and oxygen atoms in total. The van der Waals surface area contributed by atoms with Crippen molar-refractivity contribution in [2.45, 2.75) is 13.0 Å². The van der Waals surface area contributed by atoms with Crippen LogP contribution in [0.15, 0.2) is 53.1 Å². The zero-order chi connectivity index (χ0) is 22.0. The monoisotopic (exact) mass is 428 g/mol. The number of amides is 1. The molecule has 1 saturated heterocycles. The topological polar surface area (TPSA) is 81.9 Å². The Morgan fingerprint density at radius 1 is 1.19 bits per heavy atom. The lowest BCUT2D eigenvalue weighted by atomic mass is 10.1. The molecule has 0 spiro atoms. The summed E-state index contributed by atoms with van der Waals surface area (Å²) in [5.74, 6) is -2.07. The number of hydrogen-bond acceptors (Lipinski definition) is 6. The molecular weight excluding hydrogens is 410 g/mol. The number of esters is 1. The summed E-state index contributed by atoms with van der Waals surface area (Å²) in [4.78, 5) is 26.3. The molecule has 0 aliphatic carbocycles. The van der Waals surface area contributed by atoms with Crippen molar-refractivity contribution in [2.24, 2.45) is 5.92 Å². The molecule has 9 heteroatoms. The minimum Gasteiger partial charge on any atom is -0.497 e. The molecule has 1 aliphatic heterocycles. The van der Waals surface area contributed by atoms with Crippen molar-refractivity contribution in [1.29, 1.82) is 0 Å². The number of rotatable bonds is 6. The van der Waals surface area contributed by atoms with E-state index in [1.54, 1.807) is 31.4 Å². The van der Waals surface area contributed by atoms with E-state index in [9.17, 15) is 18.4 Å². The maximum Gasteiger partial charge on any atom is 0.311 e. The van der Waals surface area contributed by atoms with Crippen molar-refractivity contribution in [2.75, 3.05) is 18.6 Å². The average molecular weight is 428 g/mol. The van der Waals surface area contributed by atoms with E-state index in [1.807, 2.05) is 0 Å². The van der Waals surface area contributed by atoms with Crippen molar-refractivity contribution in [1.82, 2.24) is 5.16 Å². The second-order valence-corrected chi connectivity index (χ2v) is 7.02. The summed E-state index contributed by atoms with van der Waals surface area (Å²) in [5, 5.41) is 3.75. The number of methoxy groups -OCH3 is 1. The summed E-state index contributed by atoms with van der Waals surface area (Å²) in [6.07, 6.45) is 0.0374. The first-order valence-electron chi connectivity index (χ1n) is 9.46. The van der Waals surface area contributed by atoms with Crippen LogP contribution in [0, 0.1) is 17.6 Å².